The molecule has 0 aliphatic heterocycles. The van der Waals surface area contributed by atoms with Crippen LogP contribution in [0.25, 0.3) is 0 Å². The molecule has 2 atom stereocenters. The second-order valence-electron chi connectivity index (χ2n) is 1.33. The fourth-order valence-corrected chi connectivity index (χ4v) is 3.18. The first-order valence-corrected chi connectivity index (χ1v) is 6.47. The summed E-state index contributed by atoms with van der Waals surface area (Å²) < 4.78 is 1.71. The van der Waals surface area contributed by atoms with Crippen molar-refractivity contribution in [3.63, 3.8) is 0 Å². The van der Waals surface area contributed by atoms with Crippen LogP contribution < -0.4 is 4.08 Å². The molecule has 38 valence electrons. The van der Waals surface area contributed by atoms with Crippen molar-refractivity contribution in [3.05, 3.63) is 17.9 Å². The average molecular weight is 174 g/mol. The third-order valence-electron chi connectivity index (χ3n) is 0.867. The molecule has 0 radical (unpaired) electrons. The Morgan fingerprint density at radius 3 is 2.86 bits per heavy atom. The van der Waals surface area contributed by atoms with Crippen molar-refractivity contribution in [2.75, 3.05) is 0 Å². The van der Waals surface area contributed by atoms with Gasteiger partial charge in [-0.1, -0.05) is 0 Å². The zero-order valence-electron chi connectivity index (χ0n) is 4.23. The van der Waals surface area contributed by atoms with E-state index in [-0.39, 0.29) is 0 Å². The molecule has 0 aromatic carbocycles. The number of rotatable bonds is 1. The predicted octanol–water partition coefficient (Wildman–Crippen LogP) is 0.828. The normalized spacial score (nSPS) is 12.1. The Kier molecular flexibility index (Phi) is 2.03. The van der Waals surface area contributed by atoms with Crippen LogP contribution in [0, 0.1) is 0 Å². The maximum atomic E-state index is 2.33. The van der Waals surface area contributed by atoms with Crippen molar-refractivity contribution in [3.8, 4) is 0 Å². The van der Waals surface area contributed by atoms with E-state index in [4.69, 9.17) is 0 Å². The second-order valence-corrected chi connectivity index (χ2v) is 5.72. The quantitative estimate of drug-likeness (QED) is 0.553. The Morgan fingerprint density at radius 2 is 2.57 bits per heavy atom. The number of hydrogen-bond donors (Lipinski definition) is 0. The van der Waals surface area contributed by atoms with Crippen LogP contribution in [0.5, 0.6) is 0 Å². The van der Waals surface area contributed by atoms with Gasteiger partial charge in [-0.15, -0.1) is 0 Å². The van der Waals surface area contributed by atoms with Crippen molar-refractivity contribution in [1.29, 1.82) is 0 Å². The van der Waals surface area contributed by atoms with Crippen LogP contribution >= 0.6 is 8.19 Å². The Balaban J connectivity index is 2.76. The standard InChI is InChI=1S/C5H8AsP/c1-6-5-3-2-4-7-5/h2-4,6-7H,1H3. The Labute approximate surface area is 52.1 Å². The van der Waals surface area contributed by atoms with E-state index in [1.165, 1.54) is 0 Å². The van der Waals surface area contributed by atoms with Gasteiger partial charge < -0.3 is 0 Å². The van der Waals surface area contributed by atoms with Crippen LogP contribution in [0.1, 0.15) is 0 Å². The van der Waals surface area contributed by atoms with E-state index in [0.717, 1.165) is 8.19 Å². The Hall–Kier alpha value is 0.338. The summed E-state index contributed by atoms with van der Waals surface area (Å²) in [7, 11) is 1.04. The Morgan fingerprint density at radius 1 is 1.71 bits per heavy atom. The van der Waals surface area contributed by atoms with E-state index in [1.54, 1.807) is 4.08 Å². The van der Waals surface area contributed by atoms with E-state index in [0.29, 0.717) is 15.8 Å². The molecule has 0 spiro atoms. The minimum atomic E-state index is 0.304. The van der Waals surface area contributed by atoms with Gasteiger partial charge in [0.1, 0.15) is 0 Å². The van der Waals surface area contributed by atoms with Gasteiger partial charge in [0.15, 0.2) is 0 Å². The van der Waals surface area contributed by atoms with Crippen molar-refractivity contribution in [2.45, 2.75) is 5.71 Å². The van der Waals surface area contributed by atoms with Gasteiger partial charge in [0.05, 0.1) is 0 Å². The molecule has 0 aliphatic rings. The van der Waals surface area contributed by atoms with Gasteiger partial charge in [0, 0.05) is 0 Å². The number of hydrogen-bond acceptors (Lipinski definition) is 0. The van der Waals surface area contributed by atoms with Gasteiger partial charge in [-0.05, 0) is 0 Å². The summed E-state index contributed by atoms with van der Waals surface area (Å²) in [4.78, 5) is 0. The average Bonchev–Trinajstić information content (AvgIpc) is 2.14. The molecular weight excluding hydrogens is 166 g/mol. The summed E-state index contributed by atoms with van der Waals surface area (Å²) >= 11 is 0.304. The molecule has 2 unspecified atom stereocenters. The third kappa shape index (κ3) is 1.37. The van der Waals surface area contributed by atoms with Crippen molar-refractivity contribution >= 4 is 28.0 Å². The van der Waals surface area contributed by atoms with Crippen molar-refractivity contribution in [2.24, 2.45) is 0 Å². The Bertz CT molecular complexity index is 123. The topological polar surface area (TPSA) is 0 Å². The fourth-order valence-electron chi connectivity index (χ4n) is 0.486. The molecule has 1 heterocycles. The monoisotopic (exact) mass is 174 g/mol. The zero-order valence-corrected chi connectivity index (χ0v) is 7.33. The molecule has 0 saturated carbocycles. The van der Waals surface area contributed by atoms with E-state index >= 15 is 0 Å². The van der Waals surface area contributed by atoms with Gasteiger partial charge in [0.2, 0.25) is 0 Å². The van der Waals surface area contributed by atoms with Crippen LogP contribution in [0.3, 0.4) is 0 Å². The van der Waals surface area contributed by atoms with Gasteiger partial charge in [-0.2, -0.15) is 0 Å². The summed E-state index contributed by atoms with van der Waals surface area (Å²) in [5, 5.41) is 0. The first-order valence-electron chi connectivity index (χ1n) is 2.24. The molecule has 0 aliphatic carbocycles. The molecule has 0 N–H and O–H groups in total. The molecule has 1 aromatic rings. The molecule has 1 aromatic heterocycles. The fraction of sp³-hybridized carbons (Fsp3) is 0.200. The molecule has 0 nitrogen and oxygen atoms in total. The zero-order chi connectivity index (χ0) is 5.11. The van der Waals surface area contributed by atoms with Crippen molar-refractivity contribution < 1.29 is 0 Å². The molecule has 1 rings (SSSR count). The molecule has 0 fully saturated rings. The SMILES string of the molecule is C[AsH]c1ccc[pH]1. The summed E-state index contributed by atoms with van der Waals surface area (Å²) in [6.07, 6.45) is 0. The second kappa shape index (κ2) is 2.60. The van der Waals surface area contributed by atoms with Crippen LogP contribution in [-0.4, -0.2) is 15.8 Å². The van der Waals surface area contributed by atoms with Crippen LogP contribution in [0.15, 0.2) is 17.9 Å². The van der Waals surface area contributed by atoms with Gasteiger partial charge in [0.25, 0.3) is 0 Å². The summed E-state index contributed by atoms with van der Waals surface area (Å²) in [6.45, 7) is 0. The molecule has 7 heavy (non-hydrogen) atoms. The van der Waals surface area contributed by atoms with Gasteiger partial charge >= 0.3 is 51.7 Å². The first-order chi connectivity index (χ1) is 3.43. The summed E-state index contributed by atoms with van der Waals surface area (Å²) in [6, 6.07) is 4.43. The molecule has 2 heteroatoms. The van der Waals surface area contributed by atoms with Crippen LogP contribution in [-0.2, 0) is 0 Å². The van der Waals surface area contributed by atoms with E-state index in [9.17, 15) is 0 Å². The van der Waals surface area contributed by atoms with E-state index in [2.05, 4.69) is 23.6 Å². The van der Waals surface area contributed by atoms with E-state index in [1.807, 2.05) is 0 Å². The molecule has 0 amide bonds. The van der Waals surface area contributed by atoms with Crippen LogP contribution in [0.2, 0.25) is 5.71 Å². The summed E-state index contributed by atoms with van der Waals surface area (Å²) in [5.74, 6) is 2.25. The summed E-state index contributed by atoms with van der Waals surface area (Å²) in [5.41, 5.74) is 2.33. The van der Waals surface area contributed by atoms with Gasteiger partial charge in [-0.25, -0.2) is 0 Å². The molecular formula is C5H8AsP. The van der Waals surface area contributed by atoms with Crippen molar-refractivity contribution in [1.82, 2.24) is 0 Å². The minimum absolute atomic E-state index is 0.304. The van der Waals surface area contributed by atoms with Crippen LogP contribution in [0.4, 0.5) is 0 Å². The van der Waals surface area contributed by atoms with Gasteiger partial charge in [-0.3, -0.25) is 0 Å². The maximum absolute atomic E-state index is 2.33. The molecule has 0 saturated heterocycles. The third-order valence-corrected chi connectivity index (χ3v) is 5.39. The first kappa shape index (κ1) is 5.47. The molecule has 0 bridgehead atoms. The van der Waals surface area contributed by atoms with E-state index < -0.39 is 0 Å². The predicted molar refractivity (Wildman–Crippen MR) is 38.6 cm³/mol.